The fourth-order valence-corrected chi connectivity index (χ4v) is 3.11. The van der Waals surface area contributed by atoms with Gasteiger partial charge in [0.25, 0.3) is 0 Å². The molecule has 3 rings (SSSR count). The van der Waals surface area contributed by atoms with Gasteiger partial charge in [-0.05, 0) is 23.9 Å². The van der Waals surface area contributed by atoms with Crippen molar-refractivity contribution in [2.75, 3.05) is 0 Å². The fourth-order valence-electron chi connectivity index (χ4n) is 1.71. The average Bonchev–Trinajstić information content (AvgIpc) is 3.16. The largest absolute Gasteiger partial charge is 0.212 e. The number of aromatic nitrogens is 3. The van der Waals surface area contributed by atoms with E-state index < -0.39 is 0 Å². The molecule has 0 atom stereocenters. The third-order valence-electron chi connectivity index (χ3n) is 2.84. The predicted molar refractivity (Wildman–Crippen MR) is 88.1 cm³/mol. The quantitative estimate of drug-likeness (QED) is 0.531. The first-order valence-corrected chi connectivity index (χ1v) is 8.34. The van der Waals surface area contributed by atoms with E-state index in [1.54, 1.807) is 34.1 Å². The molecular weight excluding hydrogens is 300 g/mol. The van der Waals surface area contributed by atoms with Crippen molar-refractivity contribution in [1.29, 1.82) is 0 Å². The molecule has 0 fully saturated rings. The van der Waals surface area contributed by atoms with E-state index in [1.165, 1.54) is 11.1 Å². The van der Waals surface area contributed by atoms with Gasteiger partial charge in [0.1, 0.15) is 6.33 Å². The third-order valence-corrected chi connectivity index (χ3v) is 4.65. The summed E-state index contributed by atoms with van der Waals surface area (Å²) in [5.41, 5.74) is 2.54. The lowest BCUT2D eigenvalue weighted by atomic mass is 10.2. The van der Waals surface area contributed by atoms with E-state index in [4.69, 9.17) is 0 Å². The van der Waals surface area contributed by atoms with Crippen molar-refractivity contribution >= 4 is 29.3 Å². The summed E-state index contributed by atoms with van der Waals surface area (Å²) in [6.07, 6.45) is 3.45. The van der Waals surface area contributed by atoms with Gasteiger partial charge in [0.2, 0.25) is 5.16 Å². The molecule has 0 spiro atoms. The van der Waals surface area contributed by atoms with Crippen molar-refractivity contribution in [3.8, 4) is 0 Å². The van der Waals surface area contributed by atoms with E-state index >= 15 is 0 Å². The Bertz CT molecular complexity index is 714. The van der Waals surface area contributed by atoms with E-state index in [1.807, 2.05) is 23.7 Å². The van der Waals surface area contributed by atoms with Crippen LogP contribution in [0.15, 0.2) is 58.4 Å². The maximum absolute atomic E-state index is 4.39. The number of benzene rings is 1. The maximum atomic E-state index is 4.39. The van der Waals surface area contributed by atoms with Crippen LogP contribution in [0.25, 0.3) is 0 Å². The topological polar surface area (TPSA) is 43.1 Å². The number of thioether (sulfide) groups is 1. The average molecular weight is 314 g/mol. The monoisotopic (exact) mass is 314 g/mol. The lowest BCUT2D eigenvalue weighted by Gasteiger charge is -2.01. The smallest absolute Gasteiger partial charge is 0.195 e. The van der Waals surface area contributed by atoms with Crippen molar-refractivity contribution in [2.24, 2.45) is 5.10 Å². The van der Waals surface area contributed by atoms with E-state index in [2.05, 4.69) is 46.5 Å². The zero-order valence-electron chi connectivity index (χ0n) is 11.5. The summed E-state index contributed by atoms with van der Waals surface area (Å²) in [5.74, 6) is 0.855. The van der Waals surface area contributed by atoms with Crippen LogP contribution in [0.1, 0.15) is 16.0 Å². The Labute approximate surface area is 131 Å². The van der Waals surface area contributed by atoms with Gasteiger partial charge in [-0.1, -0.05) is 47.7 Å². The Kier molecular flexibility index (Phi) is 4.47. The normalized spacial score (nSPS) is 11.3. The zero-order valence-corrected chi connectivity index (χ0v) is 13.1. The van der Waals surface area contributed by atoms with Gasteiger partial charge in [0.15, 0.2) is 0 Å². The van der Waals surface area contributed by atoms with Crippen LogP contribution in [-0.4, -0.2) is 21.1 Å². The van der Waals surface area contributed by atoms with Crippen LogP contribution in [-0.2, 0) is 5.75 Å². The predicted octanol–water partition coefficient (Wildman–Crippen LogP) is 3.82. The summed E-state index contributed by atoms with van der Waals surface area (Å²) in [4.78, 5) is 1.11. The summed E-state index contributed by atoms with van der Waals surface area (Å²) in [6.45, 7) is 2.09. The van der Waals surface area contributed by atoms with Crippen molar-refractivity contribution in [1.82, 2.24) is 14.9 Å². The van der Waals surface area contributed by atoms with Crippen LogP contribution in [0.2, 0.25) is 0 Å². The van der Waals surface area contributed by atoms with Gasteiger partial charge in [0, 0.05) is 10.6 Å². The standard InChI is InChI=1S/C15H14N4S2/c1-12-4-6-13(7-5-12)10-21-15-18-16-11-19(15)17-9-14-3-2-8-20-14/h2-9,11H,10H2,1H3/b17-9-. The second kappa shape index (κ2) is 6.69. The summed E-state index contributed by atoms with van der Waals surface area (Å²) >= 11 is 3.28. The summed E-state index contributed by atoms with van der Waals surface area (Å²) < 4.78 is 1.71. The third kappa shape index (κ3) is 3.80. The van der Waals surface area contributed by atoms with Gasteiger partial charge in [-0.3, -0.25) is 0 Å². The summed E-state index contributed by atoms with van der Waals surface area (Å²) in [6, 6.07) is 12.5. The van der Waals surface area contributed by atoms with Crippen molar-refractivity contribution < 1.29 is 0 Å². The van der Waals surface area contributed by atoms with Crippen LogP contribution in [0.3, 0.4) is 0 Å². The minimum atomic E-state index is 0.795. The van der Waals surface area contributed by atoms with Crippen molar-refractivity contribution in [3.63, 3.8) is 0 Å². The number of rotatable bonds is 5. The number of hydrogen-bond donors (Lipinski definition) is 0. The van der Waals surface area contributed by atoms with Crippen LogP contribution in [0, 0.1) is 6.92 Å². The molecule has 0 amide bonds. The Hall–Kier alpha value is -1.92. The molecule has 21 heavy (non-hydrogen) atoms. The highest BCUT2D eigenvalue weighted by Crippen LogP contribution is 2.20. The van der Waals surface area contributed by atoms with E-state index in [9.17, 15) is 0 Å². The van der Waals surface area contributed by atoms with Gasteiger partial charge in [-0.15, -0.1) is 21.5 Å². The minimum absolute atomic E-state index is 0.795. The van der Waals surface area contributed by atoms with Crippen molar-refractivity contribution in [2.45, 2.75) is 17.8 Å². The van der Waals surface area contributed by atoms with E-state index in [0.29, 0.717) is 0 Å². The lowest BCUT2D eigenvalue weighted by molar-refractivity contribution is 0.767. The maximum Gasteiger partial charge on any atom is 0.212 e. The second-order valence-electron chi connectivity index (χ2n) is 4.49. The van der Waals surface area contributed by atoms with E-state index in [0.717, 1.165) is 15.8 Å². The Morgan fingerprint density at radius 3 is 2.90 bits per heavy atom. The highest BCUT2D eigenvalue weighted by Gasteiger charge is 2.04. The molecule has 1 aromatic carbocycles. The molecule has 0 saturated heterocycles. The highest BCUT2D eigenvalue weighted by atomic mass is 32.2. The molecule has 2 aromatic heterocycles. The zero-order chi connectivity index (χ0) is 14.5. The van der Waals surface area contributed by atoms with Crippen LogP contribution >= 0.6 is 23.1 Å². The molecule has 0 N–H and O–H groups in total. The lowest BCUT2D eigenvalue weighted by Crippen LogP contribution is -1.92. The number of aryl methyl sites for hydroxylation is 1. The molecule has 4 nitrogen and oxygen atoms in total. The van der Waals surface area contributed by atoms with Crippen molar-refractivity contribution in [3.05, 3.63) is 64.1 Å². The Morgan fingerprint density at radius 1 is 1.29 bits per heavy atom. The highest BCUT2D eigenvalue weighted by molar-refractivity contribution is 7.98. The molecule has 6 heteroatoms. The second-order valence-corrected chi connectivity index (χ2v) is 6.41. The molecule has 0 aliphatic rings. The molecule has 0 saturated carbocycles. The van der Waals surface area contributed by atoms with E-state index in [-0.39, 0.29) is 0 Å². The van der Waals surface area contributed by atoms with Gasteiger partial charge in [-0.2, -0.15) is 9.78 Å². The van der Waals surface area contributed by atoms with Crippen LogP contribution in [0.4, 0.5) is 0 Å². The SMILES string of the molecule is Cc1ccc(CSc2nncn2/N=C\c2cccs2)cc1. The summed E-state index contributed by atoms with van der Waals surface area (Å²) in [7, 11) is 0. The fraction of sp³-hybridized carbons (Fsp3) is 0.133. The van der Waals surface area contributed by atoms with Crippen LogP contribution < -0.4 is 0 Å². The molecular formula is C15H14N4S2. The first-order valence-electron chi connectivity index (χ1n) is 6.47. The first kappa shape index (κ1) is 14.0. The van der Waals surface area contributed by atoms with Gasteiger partial charge >= 0.3 is 0 Å². The van der Waals surface area contributed by atoms with Crippen LogP contribution in [0.5, 0.6) is 0 Å². The number of thiophene rings is 1. The van der Waals surface area contributed by atoms with Gasteiger partial charge in [0.05, 0.1) is 6.21 Å². The molecule has 106 valence electrons. The summed E-state index contributed by atoms with van der Waals surface area (Å²) in [5, 5.41) is 15.3. The Balaban J connectivity index is 1.66. The molecule has 0 radical (unpaired) electrons. The molecule has 0 bridgehead atoms. The molecule has 0 unspecified atom stereocenters. The Morgan fingerprint density at radius 2 is 2.14 bits per heavy atom. The molecule has 0 aliphatic carbocycles. The molecule has 0 aliphatic heterocycles. The number of nitrogens with zero attached hydrogens (tertiary/aromatic N) is 4. The first-order chi connectivity index (χ1) is 10.3. The molecule has 3 aromatic rings. The van der Waals surface area contributed by atoms with Gasteiger partial charge < -0.3 is 0 Å². The number of hydrogen-bond acceptors (Lipinski definition) is 5. The molecule has 2 heterocycles. The minimum Gasteiger partial charge on any atom is -0.195 e. The van der Waals surface area contributed by atoms with Gasteiger partial charge in [-0.25, -0.2) is 0 Å².